The fraction of sp³-hybridized carbons (Fsp3) is 0.0137. The fourth-order valence-corrected chi connectivity index (χ4v) is 11.9. The molecule has 0 saturated carbocycles. The quantitative estimate of drug-likeness (QED) is 0.133. The Balaban J connectivity index is 0.973. The summed E-state index contributed by atoms with van der Waals surface area (Å²) in [6.45, 7) is 0. The summed E-state index contributed by atoms with van der Waals surface area (Å²) in [7, 11) is 0. The van der Waals surface area contributed by atoms with E-state index in [1.165, 1.54) is 70.8 Å². The van der Waals surface area contributed by atoms with E-state index in [-0.39, 0.29) is 23.3 Å². The summed E-state index contributed by atoms with van der Waals surface area (Å²) in [6, 6.07) is 88.2. The smallest absolute Gasteiger partial charge is 0.123 e. The normalized spacial score (nSPS) is 12.5. The lowest BCUT2D eigenvalue weighted by Gasteiger charge is -2.32. The Kier molecular flexibility index (Phi) is 10.9. The Hall–Kier alpha value is -9.64. The standard InChI is InChI=1S/C73H44F4/c74-61-29-17-49(18-30-61)45-1-9-53(10-2-45)57-25-37-65-66-38-26-58(54-11-3-46(4-12-54)50-19-31-62(75)32-20-50)42-70(66)73(69(65)41-57)71-43-59(55-13-5-47(6-14-55)51-21-33-63(76)34-22-51)27-39-67(71)68-40-28-60(44-72(68)73)56-15-7-48(8-16-56)52-23-35-64(77)36-24-52/h1-44H. The van der Waals surface area contributed by atoms with Crippen LogP contribution in [0.5, 0.6) is 0 Å². The molecule has 0 unspecified atom stereocenters. The molecule has 364 valence electrons. The molecule has 0 nitrogen and oxygen atoms in total. The van der Waals surface area contributed by atoms with Crippen LogP contribution in [0.15, 0.2) is 267 Å². The number of benzene rings is 12. The molecular weight excluding hydrogens is 953 g/mol. The van der Waals surface area contributed by atoms with Crippen LogP contribution in [0, 0.1) is 23.3 Å². The molecule has 0 radical (unpaired) electrons. The largest absolute Gasteiger partial charge is 0.207 e. The Morgan fingerprint density at radius 2 is 0.286 bits per heavy atom. The first-order chi connectivity index (χ1) is 37.7. The van der Waals surface area contributed by atoms with E-state index in [2.05, 4.69) is 170 Å². The molecule has 12 aromatic carbocycles. The predicted octanol–water partition coefficient (Wildman–Crippen LogP) is 19.9. The topological polar surface area (TPSA) is 0 Å². The van der Waals surface area contributed by atoms with Crippen molar-refractivity contribution in [3.63, 3.8) is 0 Å². The van der Waals surface area contributed by atoms with Crippen LogP contribution >= 0.6 is 0 Å². The van der Waals surface area contributed by atoms with E-state index in [1.807, 2.05) is 48.5 Å². The van der Waals surface area contributed by atoms with Crippen molar-refractivity contribution >= 4 is 0 Å². The minimum atomic E-state index is -0.780. The lowest BCUT2D eigenvalue weighted by Crippen LogP contribution is -2.26. The third-order valence-corrected chi connectivity index (χ3v) is 15.9. The first kappa shape index (κ1) is 45.9. The lowest BCUT2D eigenvalue weighted by atomic mass is 9.69. The molecule has 4 heteroatoms. The van der Waals surface area contributed by atoms with Crippen LogP contribution in [-0.4, -0.2) is 0 Å². The zero-order chi connectivity index (χ0) is 51.8. The van der Waals surface area contributed by atoms with Gasteiger partial charge in [0.2, 0.25) is 0 Å². The molecule has 0 amide bonds. The minimum absolute atomic E-state index is 0.265. The zero-order valence-corrected chi connectivity index (χ0v) is 41.4. The molecule has 77 heavy (non-hydrogen) atoms. The number of rotatable bonds is 8. The van der Waals surface area contributed by atoms with E-state index >= 15 is 0 Å². The molecule has 2 aliphatic carbocycles. The van der Waals surface area contributed by atoms with Gasteiger partial charge in [-0.15, -0.1) is 0 Å². The van der Waals surface area contributed by atoms with Crippen LogP contribution in [0.4, 0.5) is 17.6 Å². The van der Waals surface area contributed by atoms with Crippen molar-refractivity contribution in [1.82, 2.24) is 0 Å². The third kappa shape index (κ3) is 7.91. The second-order valence-electron chi connectivity index (χ2n) is 20.1. The van der Waals surface area contributed by atoms with Gasteiger partial charge in [0, 0.05) is 0 Å². The Morgan fingerprint density at radius 1 is 0.156 bits per heavy atom. The lowest BCUT2D eigenvalue weighted by molar-refractivity contribution is 0.627. The van der Waals surface area contributed by atoms with Gasteiger partial charge in [0.25, 0.3) is 0 Å². The average molecular weight is 997 g/mol. The summed E-state index contributed by atoms with van der Waals surface area (Å²) in [5.41, 5.74) is 25.0. The molecule has 2 aliphatic rings. The van der Waals surface area contributed by atoms with Gasteiger partial charge >= 0.3 is 0 Å². The van der Waals surface area contributed by atoms with E-state index in [0.29, 0.717) is 0 Å². The van der Waals surface area contributed by atoms with E-state index in [0.717, 1.165) is 111 Å². The van der Waals surface area contributed by atoms with Gasteiger partial charge in [0.1, 0.15) is 23.3 Å². The number of hydrogen-bond donors (Lipinski definition) is 0. The van der Waals surface area contributed by atoms with Crippen LogP contribution in [0.1, 0.15) is 22.3 Å². The van der Waals surface area contributed by atoms with Crippen molar-refractivity contribution in [3.8, 4) is 111 Å². The Labute approximate surface area is 444 Å². The summed E-state index contributed by atoms with van der Waals surface area (Å²) in [6.07, 6.45) is 0. The number of halogens is 4. The maximum Gasteiger partial charge on any atom is 0.123 e. The van der Waals surface area contributed by atoms with Gasteiger partial charge in [-0.25, -0.2) is 17.6 Å². The Bertz CT molecular complexity index is 3660. The van der Waals surface area contributed by atoms with Crippen LogP contribution in [0.2, 0.25) is 0 Å². The fourth-order valence-electron chi connectivity index (χ4n) is 11.9. The Morgan fingerprint density at radius 3 is 0.455 bits per heavy atom. The van der Waals surface area contributed by atoms with Crippen molar-refractivity contribution in [3.05, 3.63) is 312 Å². The van der Waals surface area contributed by atoms with Gasteiger partial charge in [-0.1, -0.05) is 194 Å². The highest BCUT2D eigenvalue weighted by molar-refractivity contribution is 5.99. The predicted molar refractivity (Wildman–Crippen MR) is 306 cm³/mol. The van der Waals surface area contributed by atoms with Crippen molar-refractivity contribution in [2.75, 3.05) is 0 Å². The molecule has 0 N–H and O–H groups in total. The molecule has 0 bridgehead atoms. The average Bonchev–Trinajstić information content (AvgIpc) is 3.99. The van der Waals surface area contributed by atoms with Gasteiger partial charge in [-0.2, -0.15) is 0 Å². The van der Waals surface area contributed by atoms with E-state index in [4.69, 9.17) is 0 Å². The summed E-state index contributed by atoms with van der Waals surface area (Å²) >= 11 is 0. The molecule has 0 aliphatic heterocycles. The highest BCUT2D eigenvalue weighted by Gasteiger charge is 2.52. The number of fused-ring (bicyclic) bond motifs is 10. The first-order valence-electron chi connectivity index (χ1n) is 25.8. The van der Waals surface area contributed by atoms with Gasteiger partial charge in [0.05, 0.1) is 5.41 Å². The van der Waals surface area contributed by atoms with Gasteiger partial charge in [-0.3, -0.25) is 0 Å². The second-order valence-corrected chi connectivity index (χ2v) is 20.1. The molecule has 0 atom stereocenters. The van der Waals surface area contributed by atoms with Gasteiger partial charge in [0.15, 0.2) is 0 Å². The molecule has 0 aromatic heterocycles. The van der Waals surface area contributed by atoms with E-state index < -0.39 is 5.41 Å². The molecule has 0 saturated heterocycles. The second kappa shape index (κ2) is 18.3. The summed E-state index contributed by atoms with van der Waals surface area (Å²) in [4.78, 5) is 0. The summed E-state index contributed by atoms with van der Waals surface area (Å²) in [5, 5.41) is 0. The molecule has 0 heterocycles. The maximum absolute atomic E-state index is 14.0. The van der Waals surface area contributed by atoms with Crippen molar-refractivity contribution in [1.29, 1.82) is 0 Å². The van der Waals surface area contributed by atoms with Gasteiger partial charge < -0.3 is 0 Å². The molecule has 12 aromatic rings. The van der Waals surface area contributed by atoms with E-state index in [1.54, 1.807) is 0 Å². The third-order valence-electron chi connectivity index (χ3n) is 15.9. The van der Waals surface area contributed by atoms with Crippen LogP contribution in [0.25, 0.3) is 111 Å². The van der Waals surface area contributed by atoms with Crippen molar-refractivity contribution < 1.29 is 17.6 Å². The van der Waals surface area contributed by atoms with Crippen LogP contribution in [-0.2, 0) is 5.41 Å². The van der Waals surface area contributed by atoms with E-state index in [9.17, 15) is 17.6 Å². The van der Waals surface area contributed by atoms with Crippen molar-refractivity contribution in [2.45, 2.75) is 5.41 Å². The first-order valence-corrected chi connectivity index (χ1v) is 25.8. The van der Waals surface area contributed by atoms with Gasteiger partial charge in [-0.05, 0) is 206 Å². The van der Waals surface area contributed by atoms with Crippen LogP contribution in [0.3, 0.4) is 0 Å². The highest BCUT2D eigenvalue weighted by Crippen LogP contribution is 2.64. The summed E-state index contributed by atoms with van der Waals surface area (Å²) < 4.78 is 55.8. The maximum atomic E-state index is 14.0. The number of hydrogen-bond acceptors (Lipinski definition) is 0. The monoisotopic (exact) mass is 996 g/mol. The minimum Gasteiger partial charge on any atom is -0.207 e. The summed E-state index contributed by atoms with van der Waals surface area (Å²) in [5.74, 6) is -1.06. The SMILES string of the molecule is Fc1ccc(-c2ccc(-c3ccc4c(c3)C3(c5cc(-c6ccc(-c7ccc(F)cc7)cc6)ccc5-4)c4cc(-c5ccc(-c6ccc(F)cc6)cc5)ccc4-c4ccc(-c5ccc(-c6ccc(F)cc6)cc5)cc43)cc2)cc1. The highest BCUT2D eigenvalue weighted by atomic mass is 19.1. The zero-order valence-electron chi connectivity index (χ0n) is 41.4. The molecule has 14 rings (SSSR count). The van der Waals surface area contributed by atoms with Crippen molar-refractivity contribution in [2.24, 2.45) is 0 Å². The molecule has 1 spiro atoms. The molecular formula is C73H44F4. The molecule has 0 fully saturated rings. The van der Waals surface area contributed by atoms with Crippen LogP contribution < -0.4 is 0 Å².